The number of aryl methyl sites for hydroxylation is 2. The maximum atomic E-state index is 13.2. The fourth-order valence-electron chi connectivity index (χ4n) is 3.19. The maximum Gasteiger partial charge on any atom is 0.326 e. The molecule has 2 rings (SSSR count). The molecule has 0 amide bonds. The standard InChI is InChI=1S/C21H33N3O3S/c1-6-9-10-11-12-27-18(25)14-24-17(13-23(7-2)8-3)22-20-19(21(24)26)15(4)16(5)28-20/h6-14H2,1-5H3. The third kappa shape index (κ3) is 5.41. The number of esters is 1. The predicted octanol–water partition coefficient (Wildman–Crippen LogP) is 4.04. The van der Waals surface area contributed by atoms with E-state index in [1.807, 2.05) is 13.8 Å². The van der Waals surface area contributed by atoms with Gasteiger partial charge in [0.15, 0.2) is 0 Å². The Labute approximate surface area is 171 Å². The second-order valence-corrected chi connectivity index (χ2v) is 8.33. The first-order chi connectivity index (χ1) is 13.4. The lowest BCUT2D eigenvalue weighted by atomic mass is 10.2. The average Bonchev–Trinajstić information content (AvgIpc) is 2.96. The van der Waals surface area contributed by atoms with E-state index in [1.54, 1.807) is 0 Å². The smallest absolute Gasteiger partial charge is 0.326 e. The van der Waals surface area contributed by atoms with E-state index < -0.39 is 0 Å². The van der Waals surface area contributed by atoms with Gasteiger partial charge in [0, 0.05) is 4.88 Å². The number of aromatic nitrogens is 2. The number of thiophene rings is 1. The zero-order valence-corrected chi connectivity index (χ0v) is 18.7. The Bertz CT molecular complexity index is 853. The number of ether oxygens (including phenoxy) is 1. The molecular weight excluding hydrogens is 374 g/mol. The molecule has 2 aromatic rings. The van der Waals surface area contributed by atoms with Gasteiger partial charge in [0.25, 0.3) is 5.56 Å². The van der Waals surface area contributed by atoms with Crippen molar-refractivity contribution in [2.75, 3.05) is 19.7 Å². The van der Waals surface area contributed by atoms with Gasteiger partial charge in [0.2, 0.25) is 0 Å². The van der Waals surface area contributed by atoms with Crippen LogP contribution in [-0.2, 0) is 22.6 Å². The summed E-state index contributed by atoms with van der Waals surface area (Å²) in [5.41, 5.74) is 0.811. The molecule has 2 aromatic heterocycles. The molecule has 0 aliphatic heterocycles. The van der Waals surface area contributed by atoms with Crippen molar-refractivity contribution in [1.29, 1.82) is 0 Å². The van der Waals surface area contributed by atoms with Crippen LogP contribution in [0.4, 0.5) is 0 Å². The van der Waals surface area contributed by atoms with Gasteiger partial charge in [0.05, 0.1) is 18.5 Å². The average molecular weight is 408 g/mol. The highest BCUT2D eigenvalue weighted by Crippen LogP contribution is 2.26. The molecule has 2 heterocycles. The van der Waals surface area contributed by atoms with E-state index in [9.17, 15) is 9.59 Å². The van der Waals surface area contributed by atoms with Crippen molar-refractivity contribution in [3.63, 3.8) is 0 Å². The van der Waals surface area contributed by atoms with Gasteiger partial charge < -0.3 is 4.74 Å². The minimum absolute atomic E-state index is 0.0828. The van der Waals surface area contributed by atoms with Gasteiger partial charge in [-0.25, -0.2) is 4.98 Å². The topological polar surface area (TPSA) is 64.4 Å². The van der Waals surface area contributed by atoms with Gasteiger partial charge in [-0.1, -0.05) is 40.0 Å². The first kappa shape index (κ1) is 22.6. The van der Waals surface area contributed by atoms with E-state index >= 15 is 0 Å². The summed E-state index contributed by atoms with van der Waals surface area (Å²) in [5.74, 6) is 0.260. The SMILES string of the molecule is CCCCCCOC(=O)Cn1c(CN(CC)CC)nc2sc(C)c(C)c2c1=O. The van der Waals surface area contributed by atoms with Gasteiger partial charge in [-0.15, -0.1) is 11.3 Å². The van der Waals surface area contributed by atoms with Gasteiger partial charge >= 0.3 is 5.97 Å². The predicted molar refractivity (Wildman–Crippen MR) is 115 cm³/mol. The maximum absolute atomic E-state index is 13.2. The summed E-state index contributed by atoms with van der Waals surface area (Å²) < 4.78 is 6.88. The van der Waals surface area contributed by atoms with Gasteiger partial charge in [0.1, 0.15) is 17.2 Å². The summed E-state index contributed by atoms with van der Waals surface area (Å²) in [7, 11) is 0. The van der Waals surface area contributed by atoms with Crippen LogP contribution < -0.4 is 5.56 Å². The molecule has 28 heavy (non-hydrogen) atoms. The first-order valence-corrected chi connectivity index (χ1v) is 11.1. The van der Waals surface area contributed by atoms with Crippen molar-refractivity contribution in [2.24, 2.45) is 0 Å². The number of rotatable bonds is 11. The van der Waals surface area contributed by atoms with Crippen molar-refractivity contribution in [2.45, 2.75) is 73.4 Å². The Morgan fingerprint density at radius 2 is 1.86 bits per heavy atom. The molecule has 0 aliphatic carbocycles. The number of carbonyl (C=O) groups is 1. The Hall–Kier alpha value is -1.73. The molecule has 0 aliphatic rings. The molecule has 0 spiro atoms. The Kier molecular flexibility index (Phi) is 8.63. The summed E-state index contributed by atoms with van der Waals surface area (Å²) in [4.78, 5) is 34.4. The number of unbranched alkanes of at least 4 members (excludes halogenated alkanes) is 3. The van der Waals surface area contributed by atoms with Crippen molar-refractivity contribution in [3.05, 3.63) is 26.6 Å². The van der Waals surface area contributed by atoms with Crippen LogP contribution in [0.5, 0.6) is 0 Å². The lowest BCUT2D eigenvalue weighted by Gasteiger charge is -2.20. The van der Waals surface area contributed by atoms with E-state index in [0.29, 0.717) is 24.4 Å². The zero-order valence-electron chi connectivity index (χ0n) is 17.8. The monoisotopic (exact) mass is 407 g/mol. The van der Waals surface area contributed by atoms with Crippen molar-refractivity contribution in [1.82, 2.24) is 14.5 Å². The Morgan fingerprint density at radius 1 is 1.14 bits per heavy atom. The second kappa shape index (κ2) is 10.7. The Balaban J connectivity index is 2.30. The van der Waals surface area contributed by atoms with E-state index in [1.165, 1.54) is 15.9 Å². The number of carbonyl (C=O) groups excluding carboxylic acids is 1. The zero-order chi connectivity index (χ0) is 20.7. The fraction of sp³-hybridized carbons (Fsp3) is 0.667. The minimum Gasteiger partial charge on any atom is -0.464 e. The highest BCUT2D eigenvalue weighted by atomic mass is 32.1. The van der Waals surface area contributed by atoms with Crippen LogP contribution in [0.1, 0.15) is 62.7 Å². The lowest BCUT2D eigenvalue weighted by molar-refractivity contribution is -0.144. The normalized spacial score (nSPS) is 11.5. The number of fused-ring (bicyclic) bond motifs is 1. The molecule has 0 atom stereocenters. The van der Waals surface area contributed by atoms with E-state index in [4.69, 9.17) is 9.72 Å². The van der Waals surface area contributed by atoms with Crippen LogP contribution in [0.25, 0.3) is 10.2 Å². The molecule has 0 N–H and O–H groups in total. The number of hydrogen-bond donors (Lipinski definition) is 0. The summed E-state index contributed by atoms with van der Waals surface area (Å²) >= 11 is 1.54. The van der Waals surface area contributed by atoms with Crippen LogP contribution in [0, 0.1) is 13.8 Å². The van der Waals surface area contributed by atoms with Crippen LogP contribution in [0.15, 0.2) is 4.79 Å². The van der Waals surface area contributed by atoms with Gasteiger partial charge in [-0.2, -0.15) is 0 Å². The van der Waals surface area contributed by atoms with Gasteiger partial charge in [-0.3, -0.25) is 19.1 Å². The van der Waals surface area contributed by atoms with Gasteiger partial charge in [-0.05, 0) is 38.9 Å². The van der Waals surface area contributed by atoms with Crippen LogP contribution in [0.3, 0.4) is 0 Å². The van der Waals surface area contributed by atoms with Crippen molar-refractivity contribution >= 4 is 27.5 Å². The number of hydrogen-bond acceptors (Lipinski definition) is 6. The van der Waals surface area contributed by atoms with Crippen LogP contribution >= 0.6 is 11.3 Å². The molecular formula is C21H33N3O3S. The Morgan fingerprint density at radius 3 is 2.50 bits per heavy atom. The third-order valence-electron chi connectivity index (χ3n) is 5.18. The molecule has 0 fully saturated rings. The van der Waals surface area contributed by atoms with Crippen LogP contribution in [-0.4, -0.2) is 40.1 Å². The summed E-state index contributed by atoms with van der Waals surface area (Å²) in [6.07, 6.45) is 4.20. The summed E-state index contributed by atoms with van der Waals surface area (Å²) in [6.45, 7) is 12.8. The van der Waals surface area contributed by atoms with Crippen molar-refractivity contribution in [3.8, 4) is 0 Å². The van der Waals surface area contributed by atoms with E-state index in [0.717, 1.165) is 54.0 Å². The molecule has 0 radical (unpaired) electrons. The quantitative estimate of drug-likeness (QED) is 0.415. The van der Waals surface area contributed by atoms with Crippen molar-refractivity contribution < 1.29 is 9.53 Å². The molecule has 7 heteroatoms. The molecule has 156 valence electrons. The van der Waals surface area contributed by atoms with Crippen LogP contribution in [0.2, 0.25) is 0 Å². The summed E-state index contributed by atoms with van der Waals surface area (Å²) in [6, 6.07) is 0. The summed E-state index contributed by atoms with van der Waals surface area (Å²) in [5, 5.41) is 0.626. The van der Waals surface area contributed by atoms with E-state index in [2.05, 4.69) is 25.7 Å². The molecule has 6 nitrogen and oxygen atoms in total. The molecule has 0 saturated carbocycles. The molecule has 0 unspecified atom stereocenters. The largest absolute Gasteiger partial charge is 0.464 e. The molecule has 0 saturated heterocycles. The highest BCUT2D eigenvalue weighted by molar-refractivity contribution is 7.18. The first-order valence-electron chi connectivity index (χ1n) is 10.3. The fourth-order valence-corrected chi connectivity index (χ4v) is 4.23. The number of nitrogens with zero attached hydrogens (tertiary/aromatic N) is 3. The van der Waals surface area contributed by atoms with E-state index in [-0.39, 0.29) is 18.1 Å². The third-order valence-corrected chi connectivity index (χ3v) is 6.28. The lowest BCUT2D eigenvalue weighted by Crippen LogP contribution is -2.33. The molecule has 0 bridgehead atoms. The molecule has 0 aromatic carbocycles. The highest BCUT2D eigenvalue weighted by Gasteiger charge is 2.19. The second-order valence-electron chi connectivity index (χ2n) is 7.13. The minimum atomic E-state index is -0.370.